The molecule has 9 atom stereocenters. The number of benzene rings is 2. The Hall–Kier alpha value is -9.66. The lowest BCUT2D eigenvalue weighted by molar-refractivity contribution is -0.386. The molecule has 0 saturated carbocycles. The van der Waals surface area contributed by atoms with Crippen LogP contribution in [0.2, 0.25) is 0 Å². The first kappa shape index (κ1) is 66.9. The Bertz CT molecular complexity index is 3770. The van der Waals surface area contributed by atoms with Crippen LogP contribution in [-0.2, 0) is 37.5 Å². The highest BCUT2D eigenvalue weighted by Gasteiger charge is 2.42. The minimum Gasteiger partial charge on any atom is -0.454 e. The molecule has 4 aliphatic rings. The summed E-state index contributed by atoms with van der Waals surface area (Å²) in [6.07, 6.45) is -3.40. The topological polar surface area (TPSA) is 434 Å². The monoisotopic (exact) mass is 1270 g/mol. The number of nitro groups is 2. The number of hydrogen-bond acceptors (Lipinski definition) is 28. The van der Waals surface area contributed by atoms with E-state index in [1.165, 1.54) is 72.5 Å². The van der Waals surface area contributed by atoms with Gasteiger partial charge in [-0.1, -0.05) is 14.9 Å². The highest BCUT2D eigenvalue weighted by atomic mass is 31.2. The average Bonchev–Trinajstić information content (AvgIpc) is 1.84. The second kappa shape index (κ2) is 29.4. The maximum Gasteiger partial charge on any atom is 0.508 e. The summed E-state index contributed by atoms with van der Waals surface area (Å²) in [5, 5.41) is 51.5. The van der Waals surface area contributed by atoms with Crippen LogP contribution >= 0.6 is 8.38 Å². The zero-order valence-electron chi connectivity index (χ0n) is 47.3. The molecule has 2 aromatic carbocycles. The first-order chi connectivity index (χ1) is 41.6. The van der Waals surface area contributed by atoms with Crippen LogP contribution in [0.1, 0.15) is 83.8 Å². The van der Waals surface area contributed by atoms with E-state index in [0.29, 0.717) is 0 Å². The Kier molecular flexibility index (Phi) is 22.1. The van der Waals surface area contributed by atoms with Crippen LogP contribution in [0.3, 0.4) is 0 Å². The van der Waals surface area contributed by atoms with Gasteiger partial charge in [-0.3, -0.25) is 39.8 Å². The number of carbonyl (C=O) groups excluding carboxylic acids is 2. The molecule has 3 N–H and O–H groups in total. The minimum absolute atomic E-state index is 0. The Labute approximate surface area is 505 Å². The van der Waals surface area contributed by atoms with Crippen molar-refractivity contribution in [3.8, 4) is 29.1 Å². The smallest absolute Gasteiger partial charge is 0.454 e. The number of ether oxygens (including phenoxy) is 10. The highest BCUT2D eigenvalue weighted by Crippen LogP contribution is 2.45. The number of aromatic amines is 2. The Morgan fingerprint density at radius 1 is 0.775 bits per heavy atom. The lowest BCUT2D eigenvalue weighted by Crippen LogP contribution is -2.30. The summed E-state index contributed by atoms with van der Waals surface area (Å²) in [4.78, 5) is 97.7. The molecule has 0 radical (unpaired) electrons. The lowest BCUT2D eigenvalue weighted by Gasteiger charge is -2.22. The van der Waals surface area contributed by atoms with Gasteiger partial charge in [0.25, 0.3) is 22.5 Å². The lowest BCUT2D eigenvalue weighted by atomic mass is 10.1. The molecule has 0 amide bonds. The van der Waals surface area contributed by atoms with Crippen LogP contribution < -0.4 is 30.1 Å². The van der Waals surface area contributed by atoms with E-state index in [-0.39, 0.29) is 147 Å². The number of fused-ring (bicyclic) bond motifs is 4. The zero-order chi connectivity index (χ0) is 62.2. The third-order valence-corrected chi connectivity index (χ3v) is 14.1. The van der Waals surface area contributed by atoms with Gasteiger partial charge in [-0.05, 0) is 26.0 Å². The van der Waals surface area contributed by atoms with E-state index < -0.39 is 90.7 Å². The predicted molar refractivity (Wildman–Crippen MR) is 311 cm³/mol. The molecule has 10 rings (SSSR count). The highest BCUT2D eigenvalue weighted by molar-refractivity contribution is 7.46. The van der Waals surface area contributed by atoms with Gasteiger partial charge in [0.1, 0.15) is 48.4 Å². The normalized spacial score (nSPS) is 19.8. The maximum atomic E-state index is 12.8. The molecule has 6 aromatic rings. The molecule has 89 heavy (non-hydrogen) atoms. The number of nitro benzene ring substituents is 2. The molecule has 478 valence electrons. The van der Waals surface area contributed by atoms with E-state index in [1.54, 1.807) is 44.7 Å². The number of rotatable bonds is 21. The van der Waals surface area contributed by atoms with E-state index in [2.05, 4.69) is 40.1 Å². The maximum absolute atomic E-state index is 12.8. The molecule has 0 bridgehead atoms. The number of H-pyrrole nitrogens is 2. The van der Waals surface area contributed by atoms with Crippen LogP contribution in [0.15, 0.2) is 56.2 Å². The van der Waals surface area contributed by atoms with E-state index in [9.17, 15) is 44.5 Å². The van der Waals surface area contributed by atoms with Crippen LogP contribution in [0.25, 0.3) is 22.1 Å². The standard InChI is InChI=1S/C27H31N8O11P.C23H25N7O10.2CH4/c1-15(16-8-19-20(42-14-41-19)9-18(16)35(38)39)44-27(37)40-12-22-21(46-47(4)43-7-5-6-28)10-23(45-22)34-24-17(11-30-34)25(36)32-26(31-24)29-13-33(2)3;1-11(12-4-16-17(38-10-37-16)5-14(12)30(34)35)39-23(33)36-8-18-15(31)6-19(40-18)29-20-13(7-25-29)21(32)27-22(26-20)24-9-28(2)3;;/h8-9,11,13,15,21-23H,5,7,10,12,14H2,1-4H3,(H,31,32,36);4-5,7,9,11,15,18-19,31H,6,8,10H2,1-3H3,(H,26,27,32);2*1H4. The molecule has 2 saturated heterocycles. The molecule has 37 heteroatoms. The van der Waals surface area contributed by atoms with Crippen molar-refractivity contribution in [1.29, 1.82) is 5.26 Å². The average molecular weight is 1270 g/mol. The van der Waals surface area contributed by atoms with Crippen molar-refractivity contribution in [3.63, 3.8) is 0 Å². The molecule has 0 aliphatic carbocycles. The summed E-state index contributed by atoms with van der Waals surface area (Å²) in [5.74, 6) is 1.12. The second-order valence-corrected chi connectivity index (χ2v) is 21.0. The van der Waals surface area contributed by atoms with Gasteiger partial charge in [0.15, 0.2) is 55.1 Å². The second-order valence-electron chi connectivity index (χ2n) is 19.7. The van der Waals surface area contributed by atoms with Crippen LogP contribution in [0, 0.1) is 31.6 Å². The number of aliphatic imine (C=N–C) groups is 2. The number of carbonyl (C=O) groups is 2. The number of aromatic nitrogens is 8. The van der Waals surface area contributed by atoms with Gasteiger partial charge < -0.3 is 71.3 Å². The summed E-state index contributed by atoms with van der Waals surface area (Å²) in [7, 11) is 5.60. The first-order valence-corrected chi connectivity index (χ1v) is 27.8. The molecule has 4 aliphatic heterocycles. The predicted octanol–water partition coefficient (Wildman–Crippen LogP) is 6.25. The van der Waals surface area contributed by atoms with Gasteiger partial charge in [0.2, 0.25) is 25.5 Å². The van der Waals surface area contributed by atoms with Crippen molar-refractivity contribution in [1.82, 2.24) is 49.3 Å². The SMILES string of the molecule is C.C.CC(OC(=O)OCC1OC(n2ncc3c(=O)[nH]c(N=CN(C)C)nc32)CC1O)c1cc2c(cc1[N+](=O)[O-])OCO2.CC(OC(=O)OCC1OC(n2ncc3c(=O)[nH]c(N=CN(C)C)nc32)CC1OP(C)OCCC#N)c1cc2c(cc1[N+](=O)[O-])OCO2. The first-order valence-electron chi connectivity index (χ1n) is 26.2. The number of hydrogen-bond donors (Lipinski definition) is 3. The van der Waals surface area contributed by atoms with Gasteiger partial charge in [-0.2, -0.15) is 25.4 Å². The number of nitriles is 1. The van der Waals surface area contributed by atoms with Crippen molar-refractivity contribution in [2.45, 2.75) is 97.0 Å². The summed E-state index contributed by atoms with van der Waals surface area (Å²) in [6, 6.07) is 7.16. The van der Waals surface area contributed by atoms with Crippen LogP contribution in [-0.4, -0.2) is 182 Å². The van der Waals surface area contributed by atoms with Crippen LogP contribution in [0.4, 0.5) is 32.9 Å². The van der Waals surface area contributed by atoms with E-state index >= 15 is 0 Å². The fraction of sp³-hybridized carbons (Fsp3) is 0.481. The van der Waals surface area contributed by atoms with E-state index in [4.69, 9.17) is 61.7 Å². The fourth-order valence-corrected chi connectivity index (χ4v) is 9.96. The van der Waals surface area contributed by atoms with Crippen LogP contribution in [0.5, 0.6) is 23.0 Å². The van der Waals surface area contributed by atoms with E-state index in [0.717, 1.165) is 0 Å². The van der Waals surface area contributed by atoms with Crippen molar-refractivity contribution in [3.05, 3.63) is 88.7 Å². The number of aliphatic hydroxyl groups is 1. The van der Waals surface area contributed by atoms with Gasteiger partial charge in [-0.15, -0.1) is 0 Å². The summed E-state index contributed by atoms with van der Waals surface area (Å²) >= 11 is 0. The number of nitrogens with one attached hydrogen (secondary N) is 2. The molecule has 8 heterocycles. The van der Waals surface area contributed by atoms with Crippen molar-refractivity contribution >= 4 is 78.7 Å². The third kappa shape index (κ3) is 15.9. The molecule has 9 unspecified atom stereocenters. The Morgan fingerprint density at radius 3 is 1.66 bits per heavy atom. The van der Waals surface area contributed by atoms with E-state index in [1.807, 2.05) is 6.07 Å². The Morgan fingerprint density at radius 2 is 1.21 bits per heavy atom. The molecular weight excluding hydrogens is 1200 g/mol. The summed E-state index contributed by atoms with van der Waals surface area (Å²) in [6.45, 7) is 3.90. The van der Waals surface area contributed by atoms with Gasteiger partial charge in [0.05, 0.1) is 89.5 Å². The zero-order valence-corrected chi connectivity index (χ0v) is 48.2. The van der Waals surface area contributed by atoms with Gasteiger partial charge in [0, 0.05) is 47.7 Å². The largest absolute Gasteiger partial charge is 0.508 e. The third-order valence-electron chi connectivity index (χ3n) is 13.0. The van der Waals surface area contributed by atoms with Gasteiger partial charge >= 0.3 is 12.3 Å². The summed E-state index contributed by atoms with van der Waals surface area (Å²) < 4.78 is 68.6. The molecular formula is C52H64N15O21P. The fourth-order valence-electron chi connectivity index (χ4n) is 8.94. The number of nitrogens with zero attached hydrogens (tertiary/aromatic N) is 13. The molecule has 2 fully saturated rings. The van der Waals surface area contributed by atoms with Gasteiger partial charge in [-0.25, -0.2) is 28.9 Å². The minimum atomic E-state index is -1.46. The van der Waals surface area contributed by atoms with Crippen molar-refractivity contribution in [2.75, 3.05) is 68.3 Å². The molecule has 4 aromatic heterocycles. The quantitative estimate of drug-likeness (QED) is 0.0136. The molecule has 36 nitrogen and oxygen atoms in total. The Balaban J connectivity index is 0.000000251. The molecule has 0 spiro atoms. The van der Waals surface area contributed by atoms with Crippen molar-refractivity contribution in [2.24, 2.45) is 9.98 Å². The van der Waals surface area contributed by atoms with Crippen molar-refractivity contribution < 1.29 is 81.0 Å². The number of aliphatic hydroxyl groups excluding tert-OH is 1. The summed E-state index contributed by atoms with van der Waals surface area (Å²) in [5.41, 5.74) is -0.919.